The Morgan fingerprint density at radius 1 is 1.25 bits per heavy atom. The third-order valence-electron chi connectivity index (χ3n) is 4.22. The van der Waals surface area contributed by atoms with Gasteiger partial charge in [0.05, 0.1) is 9.26 Å². The minimum absolute atomic E-state index is 0.217. The van der Waals surface area contributed by atoms with Gasteiger partial charge < -0.3 is 4.74 Å². The summed E-state index contributed by atoms with van der Waals surface area (Å²) in [5, 5.41) is 4.78. The highest BCUT2D eigenvalue weighted by Crippen LogP contribution is 2.44. The molecule has 3 rings (SSSR count). The number of aromatic nitrogens is 2. The van der Waals surface area contributed by atoms with Crippen LogP contribution in [-0.2, 0) is 11.5 Å². The van der Waals surface area contributed by atoms with Gasteiger partial charge in [0, 0.05) is 26.2 Å². The number of nitrogens with zero attached hydrogens (tertiary/aromatic N) is 2. The van der Waals surface area contributed by atoms with E-state index >= 15 is 0 Å². The minimum atomic E-state index is -1.07. The summed E-state index contributed by atoms with van der Waals surface area (Å²) >= 11 is 2.38. The van der Waals surface area contributed by atoms with Gasteiger partial charge in [-0.15, -0.1) is 0 Å². The normalized spacial score (nSPS) is 15.0. The van der Waals surface area contributed by atoms with E-state index in [4.69, 9.17) is 9.84 Å². The quantitative estimate of drug-likeness (QED) is 0.312. The zero-order chi connectivity index (χ0) is 17.3. The zero-order valence-corrected chi connectivity index (χ0v) is 17.6. The Labute approximate surface area is 157 Å². The molecule has 24 heavy (non-hydrogen) atoms. The molecular formula is C18H24FIN2OSi. The summed E-state index contributed by atoms with van der Waals surface area (Å²) < 4.78 is 22.3. The molecule has 1 fully saturated rings. The Hall–Kier alpha value is -0.733. The van der Waals surface area contributed by atoms with Gasteiger partial charge in [-0.1, -0.05) is 19.6 Å². The van der Waals surface area contributed by atoms with Gasteiger partial charge in [-0.2, -0.15) is 5.10 Å². The lowest BCUT2D eigenvalue weighted by Gasteiger charge is -2.15. The van der Waals surface area contributed by atoms with Crippen molar-refractivity contribution in [3.8, 4) is 11.3 Å². The topological polar surface area (TPSA) is 27.1 Å². The van der Waals surface area contributed by atoms with Crippen molar-refractivity contribution >= 4 is 30.7 Å². The van der Waals surface area contributed by atoms with Crippen molar-refractivity contribution in [1.29, 1.82) is 0 Å². The molecule has 1 saturated carbocycles. The standard InChI is InChI=1S/C18H24FIN2OSi/c1-24(2,3)11-10-23-12-22-18(14-4-5-14)16(20)17(21-22)13-6-8-15(19)9-7-13/h6-9,14H,4-5,10-12H2,1-3H3. The van der Waals surface area contributed by atoms with E-state index in [9.17, 15) is 4.39 Å². The van der Waals surface area contributed by atoms with Crippen LogP contribution in [0.2, 0.25) is 25.7 Å². The smallest absolute Gasteiger partial charge is 0.139 e. The van der Waals surface area contributed by atoms with Gasteiger partial charge >= 0.3 is 0 Å². The van der Waals surface area contributed by atoms with Crippen molar-refractivity contribution in [2.75, 3.05) is 6.61 Å². The molecule has 0 spiro atoms. The van der Waals surface area contributed by atoms with E-state index in [1.807, 2.05) is 4.68 Å². The third kappa shape index (κ3) is 4.46. The van der Waals surface area contributed by atoms with Gasteiger partial charge in [-0.05, 0) is 65.7 Å². The summed E-state index contributed by atoms with van der Waals surface area (Å²) in [7, 11) is -1.07. The maximum absolute atomic E-state index is 13.2. The molecule has 3 nitrogen and oxygen atoms in total. The van der Waals surface area contributed by atoms with Crippen LogP contribution in [0.3, 0.4) is 0 Å². The monoisotopic (exact) mass is 458 g/mol. The molecule has 0 bridgehead atoms. The SMILES string of the molecule is C[Si](C)(C)CCOCn1nc(-c2ccc(F)cc2)c(I)c1C1CC1. The molecule has 1 aliphatic carbocycles. The lowest BCUT2D eigenvalue weighted by atomic mass is 10.1. The van der Waals surface area contributed by atoms with E-state index in [-0.39, 0.29) is 5.82 Å². The fourth-order valence-electron chi connectivity index (χ4n) is 2.62. The maximum atomic E-state index is 13.2. The summed E-state index contributed by atoms with van der Waals surface area (Å²) in [6.45, 7) is 8.37. The first-order chi connectivity index (χ1) is 11.3. The van der Waals surface area contributed by atoms with Crippen molar-refractivity contribution in [3.05, 3.63) is 39.3 Å². The van der Waals surface area contributed by atoms with Crippen LogP contribution in [-0.4, -0.2) is 24.5 Å². The summed E-state index contributed by atoms with van der Waals surface area (Å²) in [5.41, 5.74) is 3.18. The molecule has 0 N–H and O–H groups in total. The van der Waals surface area contributed by atoms with Gasteiger partial charge in [0.2, 0.25) is 0 Å². The largest absolute Gasteiger partial charge is 0.360 e. The van der Waals surface area contributed by atoms with E-state index < -0.39 is 8.07 Å². The number of hydrogen-bond donors (Lipinski definition) is 0. The van der Waals surface area contributed by atoms with Crippen LogP contribution in [0.15, 0.2) is 24.3 Å². The van der Waals surface area contributed by atoms with Crippen LogP contribution in [0, 0.1) is 9.39 Å². The molecule has 0 radical (unpaired) electrons. The molecular weight excluding hydrogens is 434 g/mol. The van der Waals surface area contributed by atoms with Crippen molar-refractivity contribution < 1.29 is 9.13 Å². The molecule has 130 valence electrons. The second kappa shape index (κ2) is 7.25. The fraction of sp³-hybridized carbons (Fsp3) is 0.500. The Balaban J connectivity index is 1.78. The number of ether oxygens (including phenoxy) is 1. The molecule has 2 aromatic rings. The number of rotatable bonds is 7. The highest BCUT2D eigenvalue weighted by molar-refractivity contribution is 14.1. The second-order valence-electron chi connectivity index (χ2n) is 7.68. The van der Waals surface area contributed by atoms with E-state index in [0.717, 1.165) is 23.9 Å². The summed E-state index contributed by atoms with van der Waals surface area (Å²) in [6.07, 6.45) is 2.44. The van der Waals surface area contributed by atoms with Crippen LogP contribution in [0.25, 0.3) is 11.3 Å². The Bertz CT molecular complexity index is 705. The molecule has 0 unspecified atom stereocenters. The molecule has 0 saturated heterocycles. The first kappa shape index (κ1) is 18.1. The Morgan fingerprint density at radius 2 is 1.92 bits per heavy atom. The lowest BCUT2D eigenvalue weighted by molar-refractivity contribution is 0.0765. The van der Waals surface area contributed by atoms with Crippen molar-refractivity contribution in [2.24, 2.45) is 0 Å². The Morgan fingerprint density at radius 3 is 2.50 bits per heavy atom. The third-order valence-corrected chi connectivity index (χ3v) is 6.99. The molecule has 0 aliphatic heterocycles. The summed E-state index contributed by atoms with van der Waals surface area (Å²) in [5.74, 6) is 0.379. The maximum Gasteiger partial charge on any atom is 0.139 e. The van der Waals surface area contributed by atoms with Crippen LogP contribution in [0.1, 0.15) is 24.5 Å². The van der Waals surface area contributed by atoms with Crippen LogP contribution < -0.4 is 0 Å². The molecule has 6 heteroatoms. The molecule has 1 aromatic carbocycles. The zero-order valence-electron chi connectivity index (χ0n) is 14.5. The average Bonchev–Trinajstić information content (AvgIpc) is 3.28. The van der Waals surface area contributed by atoms with Gasteiger partial charge in [0.25, 0.3) is 0 Å². The number of halogens is 2. The highest BCUT2D eigenvalue weighted by Gasteiger charge is 2.32. The number of hydrogen-bond acceptors (Lipinski definition) is 2. The highest BCUT2D eigenvalue weighted by atomic mass is 127. The van der Waals surface area contributed by atoms with Crippen LogP contribution in [0.5, 0.6) is 0 Å². The predicted molar refractivity (Wildman–Crippen MR) is 106 cm³/mol. The fourth-order valence-corrected chi connectivity index (χ4v) is 4.51. The Kier molecular flexibility index (Phi) is 5.46. The minimum Gasteiger partial charge on any atom is -0.360 e. The molecule has 1 heterocycles. The predicted octanol–water partition coefficient (Wildman–Crippen LogP) is 5.48. The summed E-state index contributed by atoms with van der Waals surface area (Å²) in [4.78, 5) is 0. The summed E-state index contributed by atoms with van der Waals surface area (Å²) in [6, 6.07) is 7.74. The van der Waals surface area contributed by atoms with Gasteiger partial charge in [-0.25, -0.2) is 9.07 Å². The first-order valence-electron chi connectivity index (χ1n) is 8.45. The van der Waals surface area contributed by atoms with Gasteiger partial charge in [0.1, 0.15) is 18.2 Å². The second-order valence-corrected chi connectivity index (χ2v) is 14.4. The molecule has 1 aromatic heterocycles. The van der Waals surface area contributed by atoms with E-state index in [1.165, 1.54) is 34.2 Å². The van der Waals surface area contributed by atoms with Gasteiger partial charge in [-0.3, -0.25) is 0 Å². The molecule has 0 atom stereocenters. The van der Waals surface area contributed by atoms with E-state index in [1.54, 1.807) is 12.1 Å². The van der Waals surface area contributed by atoms with Crippen molar-refractivity contribution in [1.82, 2.24) is 9.78 Å². The van der Waals surface area contributed by atoms with Gasteiger partial charge in [0.15, 0.2) is 0 Å². The molecule has 1 aliphatic rings. The van der Waals surface area contributed by atoms with E-state index in [2.05, 4.69) is 42.2 Å². The first-order valence-corrected chi connectivity index (χ1v) is 13.2. The van der Waals surface area contributed by atoms with Crippen LogP contribution >= 0.6 is 22.6 Å². The van der Waals surface area contributed by atoms with Crippen LogP contribution in [0.4, 0.5) is 4.39 Å². The van der Waals surface area contributed by atoms with Crippen molar-refractivity contribution in [2.45, 2.75) is 51.2 Å². The number of benzene rings is 1. The average molecular weight is 458 g/mol. The van der Waals surface area contributed by atoms with E-state index in [0.29, 0.717) is 12.6 Å². The molecule has 0 amide bonds. The lowest BCUT2D eigenvalue weighted by Crippen LogP contribution is -2.22. The van der Waals surface area contributed by atoms with Crippen molar-refractivity contribution in [3.63, 3.8) is 0 Å².